The lowest BCUT2D eigenvalue weighted by Crippen LogP contribution is -2.20. The van der Waals surface area contributed by atoms with Crippen molar-refractivity contribution in [3.63, 3.8) is 0 Å². The van der Waals surface area contributed by atoms with Crippen molar-refractivity contribution < 1.29 is 14.6 Å². The van der Waals surface area contributed by atoms with Gasteiger partial charge in [-0.25, -0.2) is 0 Å². The second-order valence-corrected chi connectivity index (χ2v) is 6.19. The Bertz CT molecular complexity index is 1080. The lowest BCUT2D eigenvalue weighted by atomic mass is 10.2. The predicted molar refractivity (Wildman–Crippen MR) is 95.4 cm³/mol. The third kappa shape index (κ3) is 3.84. The Morgan fingerprint density at radius 3 is 2.76 bits per heavy atom. The first-order chi connectivity index (χ1) is 12.1. The van der Waals surface area contributed by atoms with Crippen LogP contribution in [0, 0.1) is 0 Å². The molecule has 0 fully saturated rings. The van der Waals surface area contributed by atoms with Crippen molar-refractivity contribution in [3.8, 4) is 11.5 Å². The zero-order chi connectivity index (χ0) is 17.8. The molecule has 6 nitrogen and oxygen atoms in total. The zero-order valence-corrected chi connectivity index (χ0v) is 14.0. The summed E-state index contributed by atoms with van der Waals surface area (Å²) < 4.78 is 5.96. The number of aromatic amines is 1. The van der Waals surface area contributed by atoms with Gasteiger partial charge in [0, 0.05) is 24.0 Å². The van der Waals surface area contributed by atoms with E-state index in [1.807, 2.05) is 0 Å². The quantitative estimate of drug-likeness (QED) is 0.683. The highest BCUT2D eigenvalue weighted by Gasteiger charge is 2.04. The van der Waals surface area contributed by atoms with Crippen LogP contribution in [-0.2, 0) is 0 Å². The minimum atomic E-state index is -0.286. The molecular formula is C18H14N2O4S. The first-order valence-corrected chi connectivity index (χ1v) is 8.12. The van der Waals surface area contributed by atoms with Gasteiger partial charge in [0.1, 0.15) is 0 Å². The molecule has 7 heteroatoms. The highest BCUT2D eigenvalue weighted by atomic mass is 32.1. The maximum atomic E-state index is 12.2. The number of ether oxygens (including phenoxy) is 1. The first kappa shape index (κ1) is 16.7. The molecule has 0 spiro atoms. The van der Waals surface area contributed by atoms with Gasteiger partial charge in [-0.2, -0.15) is 0 Å². The standard InChI is InChI=1S/C18H14N2O4S/c1-24-15-8-11(2-3-13(15)21)9-16-18(23)20-17(25-16)10-14(22)12-4-6-19-7-5-12/h2-10,21H,1H3,(H,20,23)/b16-9+,17-10-. The average molecular weight is 354 g/mol. The van der Waals surface area contributed by atoms with Crippen LogP contribution in [0.15, 0.2) is 47.5 Å². The fraction of sp³-hybridized carbons (Fsp3) is 0.0556. The van der Waals surface area contributed by atoms with Crippen molar-refractivity contribution in [1.82, 2.24) is 9.97 Å². The van der Waals surface area contributed by atoms with Gasteiger partial charge >= 0.3 is 0 Å². The third-order valence-corrected chi connectivity index (χ3v) is 4.37. The Morgan fingerprint density at radius 1 is 1.28 bits per heavy atom. The van der Waals surface area contributed by atoms with Crippen molar-refractivity contribution >= 4 is 29.3 Å². The number of carbonyl (C=O) groups is 1. The molecule has 126 valence electrons. The Balaban J connectivity index is 1.99. The van der Waals surface area contributed by atoms with E-state index >= 15 is 0 Å². The van der Waals surface area contributed by atoms with Crippen LogP contribution in [0.5, 0.6) is 11.5 Å². The number of Topliss-reactive ketones (excluding diaryl/α,β-unsaturated/α-hetero) is 1. The van der Waals surface area contributed by atoms with Gasteiger partial charge in [-0.15, -0.1) is 11.3 Å². The van der Waals surface area contributed by atoms with E-state index in [2.05, 4.69) is 9.97 Å². The molecule has 1 aromatic carbocycles. The predicted octanol–water partition coefficient (Wildman–Crippen LogP) is 1.04. The number of rotatable bonds is 4. The van der Waals surface area contributed by atoms with Crippen molar-refractivity contribution in [1.29, 1.82) is 0 Å². The maximum Gasteiger partial charge on any atom is 0.266 e. The summed E-state index contributed by atoms with van der Waals surface area (Å²) in [6.07, 6.45) is 6.13. The summed E-state index contributed by atoms with van der Waals surface area (Å²) in [5, 5.41) is 9.62. The van der Waals surface area contributed by atoms with Gasteiger partial charge in [0.05, 0.1) is 16.3 Å². The molecule has 3 aromatic rings. The van der Waals surface area contributed by atoms with Gasteiger partial charge in [-0.1, -0.05) is 6.07 Å². The number of hydrogen-bond acceptors (Lipinski definition) is 6. The molecule has 0 bridgehead atoms. The number of nitrogens with zero attached hydrogens (tertiary/aromatic N) is 1. The van der Waals surface area contributed by atoms with Gasteiger partial charge in [-0.05, 0) is 35.9 Å². The molecule has 0 aliphatic rings. The number of phenols is 1. The number of carbonyl (C=O) groups excluding carboxylic acids is 1. The number of H-pyrrole nitrogens is 1. The van der Waals surface area contributed by atoms with E-state index < -0.39 is 0 Å². The highest BCUT2D eigenvalue weighted by molar-refractivity contribution is 7.07. The number of methoxy groups -OCH3 is 1. The van der Waals surface area contributed by atoms with Crippen LogP contribution < -0.4 is 19.5 Å². The van der Waals surface area contributed by atoms with Crippen LogP contribution >= 0.6 is 11.3 Å². The Morgan fingerprint density at radius 2 is 2.04 bits per heavy atom. The van der Waals surface area contributed by atoms with Gasteiger partial charge < -0.3 is 14.8 Å². The van der Waals surface area contributed by atoms with Gasteiger partial charge in [-0.3, -0.25) is 14.6 Å². The molecule has 2 heterocycles. The van der Waals surface area contributed by atoms with Crippen LogP contribution in [0.4, 0.5) is 0 Å². The molecule has 0 aliphatic heterocycles. The van der Waals surface area contributed by atoms with Crippen molar-refractivity contribution in [2.24, 2.45) is 0 Å². The molecule has 0 saturated heterocycles. The van der Waals surface area contributed by atoms with E-state index in [9.17, 15) is 14.7 Å². The second-order valence-electron chi connectivity index (χ2n) is 5.10. The minimum Gasteiger partial charge on any atom is -0.504 e. The molecule has 0 saturated carbocycles. The summed E-state index contributed by atoms with van der Waals surface area (Å²) in [7, 11) is 1.45. The van der Waals surface area contributed by atoms with Crippen LogP contribution in [-0.4, -0.2) is 28.0 Å². The SMILES string of the molecule is COc1cc(/C=c2/s/c(=C\C(=O)c3ccncc3)[nH]c2=O)ccc1O. The molecule has 25 heavy (non-hydrogen) atoms. The lowest BCUT2D eigenvalue weighted by molar-refractivity contribution is 0.106. The van der Waals surface area contributed by atoms with Crippen LogP contribution in [0.25, 0.3) is 12.2 Å². The van der Waals surface area contributed by atoms with E-state index in [4.69, 9.17) is 4.74 Å². The molecule has 0 atom stereocenters. The average Bonchev–Trinajstić information content (AvgIpc) is 2.96. The molecule has 0 aliphatic carbocycles. The number of ketones is 1. The molecular weight excluding hydrogens is 340 g/mol. The number of aromatic hydroxyl groups is 1. The summed E-state index contributed by atoms with van der Waals surface area (Å²) in [6.45, 7) is 0. The van der Waals surface area contributed by atoms with E-state index in [1.54, 1.807) is 30.3 Å². The van der Waals surface area contributed by atoms with E-state index in [0.29, 0.717) is 26.1 Å². The minimum absolute atomic E-state index is 0.0247. The maximum absolute atomic E-state index is 12.2. The van der Waals surface area contributed by atoms with Gasteiger partial charge in [0.15, 0.2) is 17.3 Å². The van der Waals surface area contributed by atoms with Gasteiger partial charge in [0.2, 0.25) is 0 Å². The van der Waals surface area contributed by atoms with Crippen molar-refractivity contribution in [2.75, 3.05) is 7.11 Å². The Kier molecular flexibility index (Phi) is 4.76. The number of aromatic nitrogens is 2. The molecule has 2 N–H and O–H groups in total. The molecule has 0 radical (unpaired) electrons. The third-order valence-electron chi connectivity index (χ3n) is 3.41. The normalized spacial score (nSPS) is 12.4. The van der Waals surface area contributed by atoms with Gasteiger partial charge in [0.25, 0.3) is 5.56 Å². The van der Waals surface area contributed by atoms with E-state index in [-0.39, 0.29) is 17.1 Å². The molecule has 3 rings (SSSR count). The summed E-state index contributed by atoms with van der Waals surface area (Å²) in [5.41, 5.74) is 0.915. The van der Waals surface area contributed by atoms with Crippen LogP contribution in [0.2, 0.25) is 0 Å². The van der Waals surface area contributed by atoms with Crippen LogP contribution in [0.3, 0.4) is 0 Å². The lowest BCUT2D eigenvalue weighted by Gasteiger charge is -2.03. The summed E-state index contributed by atoms with van der Waals surface area (Å²) >= 11 is 1.18. The van der Waals surface area contributed by atoms with Crippen molar-refractivity contribution in [2.45, 2.75) is 0 Å². The van der Waals surface area contributed by atoms with Crippen LogP contribution in [0.1, 0.15) is 15.9 Å². The summed E-state index contributed by atoms with van der Waals surface area (Å²) in [5.74, 6) is 0.135. The summed E-state index contributed by atoms with van der Waals surface area (Å²) in [6, 6.07) is 8.01. The smallest absolute Gasteiger partial charge is 0.266 e. The Labute approximate surface area is 146 Å². The van der Waals surface area contributed by atoms with E-state index in [0.717, 1.165) is 0 Å². The molecule has 0 amide bonds. The zero-order valence-electron chi connectivity index (χ0n) is 13.2. The van der Waals surface area contributed by atoms with E-state index in [1.165, 1.54) is 43.0 Å². The van der Waals surface area contributed by atoms with Crippen molar-refractivity contribution in [3.05, 3.63) is 73.4 Å². The first-order valence-electron chi connectivity index (χ1n) is 7.31. The topological polar surface area (TPSA) is 92.3 Å². The number of nitrogens with one attached hydrogen (secondary N) is 1. The number of hydrogen-bond donors (Lipinski definition) is 2. The fourth-order valence-electron chi connectivity index (χ4n) is 2.18. The number of pyridine rings is 1. The number of thiazole rings is 1. The number of benzene rings is 1. The molecule has 0 unspecified atom stereocenters. The Hall–Kier alpha value is -3.19. The molecule has 2 aromatic heterocycles. The highest BCUT2D eigenvalue weighted by Crippen LogP contribution is 2.26. The fourth-order valence-corrected chi connectivity index (χ4v) is 3.06. The summed E-state index contributed by atoms with van der Waals surface area (Å²) in [4.78, 5) is 30.8. The largest absolute Gasteiger partial charge is 0.504 e. The monoisotopic (exact) mass is 354 g/mol. The second kappa shape index (κ2) is 7.14. The number of phenolic OH excluding ortho intramolecular Hbond substituents is 1.